The van der Waals surface area contributed by atoms with Crippen LogP contribution in [0.2, 0.25) is 0 Å². The fraction of sp³-hybridized carbons (Fsp3) is 0.600. The maximum absolute atomic E-state index is 10.4. The lowest BCUT2D eigenvalue weighted by Gasteiger charge is -2.04. The van der Waals surface area contributed by atoms with E-state index in [1.54, 1.807) is 0 Å². The lowest BCUT2D eigenvalue weighted by molar-refractivity contribution is -0.385. The van der Waals surface area contributed by atoms with Crippen LogP contribution >= 0.6 is 0 Å². The highest BCUT2D eigenvalue weighted by atomic mass is 16.6. The van der Waals surface area contributed by atoms with Crippen LogP contribution in [0.5, 0.6) is 0 Å². The molecule has 2 rings (SSSR count). The molecule has 0 atom stereocenters. The second-order valence-corrected chi connectivity index (χ2v) is 3.97. The van der Waals surface area contributed by atoms with Crippen molar-refractivity contribution in [3.8, 4) is 0 Å². The van der Waals surface area contributed by atoms with Crippen LogP contribution in [0.25, 0.3) is 0 Å². The second-order valence-electron chi connectivity index (χ2n) is 3.97. The Hall–Kier alpha value is -1.76. The first kappa shape index (κ1) is 11.7. The summed E-state index contributed by atoms with van der Waals surface area (Å²) in [6.45, 7) is 2.02. The van der Waals surface area contributed by atoms with Gasteiger partial charge in [-0.3, -0.25) is 10.1 Å². The minimum atomic E-state index is -0.525. The van der Waals surface area contributed by atoms with Crippen LogP contribution in [0.4, 0.5) is 11.6 Å². The Bertz CT molecular complexity index is 378. The first-order chi connectivity index (χ1) is 8.25. The molecule has 7 heteroatoms. The molecule has 1 aromatic heterocycles. The molecule has 1 saturated carbocycles. The van der Waals surface area contributed by atoms with Crippen molar-refractivity contribution in [1.82, 2.24) is 9.97 Å². The van der Waals surface area contributed by atoms with E-state index in [0.717, 1.165) is 12.5 Å². The van der Waals surface area contributed by atoms with E-state index in [4.69, 9.17) is 4.74 Å². The summed E-state index contributed by atoms with van der Waals surface area (Å²) in [4.78, 5) is 17.5. The largest absolute Gasteiger partial charge is 0.379 e. The van der Waals surface area contributed by atoms with Crippen molar-refractivity contribution >= 4 is 11.6 Å². The highest BCUT2D eigenvalue weighted by Gasteiger charge is 2.20. The lowest BCUT2D eigenvalue weighted by Crippen LogP contribution is -2.12. The van der Waals surface area contributed by atoms with Crippen molar-refractivity contribution in [2.24, 2.45) is 5.92 Å². The van der Waals surface area contributed by atoms with Gasteiger partial charge in [0.25, 0.3) is 0 Å². The number of hydrogen-bond donors (Lipinski definition) is 1. The summed E-state index contributed by atoms with van der Waals surface area (Å²) in [5.41, 5.74) is -0.111. The number of nitrogens with one attached hydrogen (secondary N) is 1. The number of aromatic nitrogens is 2. The third-order valence-electron chi connectivity index (χ3n) is 2.43. The zero-order valence-corrected chi connectivity index (χ0v) is 9.33. The van der Waals surface area contributed by atoms with Gasteiger partial charge in [0.15, 0.2) is 0 Å². The number of ether oxygens (including phenoxy) is 1. The van der Waals surface area contributed by atoms with Gasteiger partial charge in [-0.15, -0.1) is 0 Å². The minimum Gasteiger partial charge on any atom is -0.379 e. The summed E-state index contributed by atoms with van der Waals surface area (Å²) in [6, 6.07) is 0. The molecule has 1 aromatic rings. The zero-order valence-electron chi connectivity index (χ0n) is 9.33. The molecule has 0 amide bonds. The van der Waals surface area contributed by atoms with Gasteiger partial charge in [0.1, 0.15) is 12.4 Å². The Kier molecular flexibility index (Phi) is 3.81. The standard InChI is InChI=1S/C10H14N4O3/c15-14(16)9-5-12-10(13-6-9)11-3-4-17-7-8-1-2-8/h5-6,8H,1-4,7H2,(H,11,12,13). The molecule has 0 aromatic carbocycles. The minimum absolute atomic E-state index is 0.111. The maximum Gasteiger partial charge on any atom is 0.305 e. The van der Waals surface area contributed by atoms with Crippen LogP contribution in [0, 0.1) is 16.0 Å². The van der Waals surface area contributed by atoms with E-state index in [-0.39, 0.29) is 5.69 Å². The molecule has 0 bridgehead atoms. The van der Waals surface area contributed by atoms with Crippen LogP contribution in [0.3, 0.4) is 0 Å². The predicted molar refractivity (Wildman–Crippen MR) is 60.7 cm³/mol. The van der Waals surface area contributed by atoms with E-state index in [1.165, 1.54) is 25.2 Å². The number of nitro groups is 1. The van der Waals surface area contributed by atoms with Crippen molar-refractivity contribution in [2.45, 2.75) is 12.8 Å². The van der Waals surface area contributed by atoms with Crippen LogP contribution in [-0.2, 0) is 4.74 Å². The van der Waals surface area contributed by atoms with Gasteiger partial charge in [0.05, 0.1) is 11.5 Å². The van der Waals surface area contributed by atoms with E-state index in [1.807, 2.05) is 0 Å². The van der Waals surface area contributed by atoms with Crippen molar-refractivity contribution in [3.05, 3.63) is 22.5 Å². The smallest absolute Gasteiger partial charge is 0.305 e. The average molecular weight is 238 g/mol. The quantitative estimate of drug-likeness (QED) is 0.436. The number of nitrogens with zero attached hydrogens (tertiary/aromatic N) is 3. The normalized spacial score (nSPS) is 14.6. The molecule has 0 unspecified atom stereocenters. The Labute approximate surface area is 98.4 Å². The first-order valence-corrected chi connectivity index (χ1v) is 5.54. The van der Waals surface area contributed by atoms with Crippen LogP contribution < -0.4 is 5.32 Å². The molecule has 0 saturated heterocycles. The molecule has 1 N–H and O–H groups in total. The Morgan fingerprint density at radius 3 is 2.76 bits per heavy atom. The van der Waals surface area contributed by atoms with E-state index < -0.39 is 4.92 Å². The molecule has 1 aliphatic carbocycles. The van der Waals surface area contributed by atoms with E-state index in [2.05, 4.69) is 15.3 Å². The summed E-state index contributed by atoms with van der Waals surface area (Å²) >= 11 is 0. The fourth-order valence-corrected chi connectivity index (χ4v) is 1.28. The highest BCUT2D eigenvalue weighted by Crippen LogP contribution is 2.28. The maximum atomic E-state index is 10.4. The van der Waals surface area contributed by atoms with Crippen LogP contribution in [0.1, 0.15) is 12.8 Å². The monoisotopic (exact) mass is 238 g/mol. The topological polar surface area (TPSA) is 90.2 Å². The summed E-state index contributed by atoms with van der Waals surface area (Å²) in [6.07, 6.45) is 4.92. The summed E-state index contributed by atoms with van der Waals surface area (Å²) < 4.78 is 5.41. The number of anilines is 1. The molecule has 1 heterocycles. The number of hydrogen-bond acceptors (Lipinski definition) is 6. The van der Waals surface area contributed by atoms with Gasteiger partial charge < -0.3 is 10.1 Å². The van der Waals surface area contributed by atoms with E-state index in [9.17, 15) is 10.1 Å². The van der Waals surface area contributed by atoms with E-state index >= 15 is 0 Å². The van der Waals surface area contributed by atoms with Gasteiger partial charge >= 0.3 is 5.69 Å². The summed E-state index contributed by atoms with van der Waals surface area (Å²) in [7, 11) is 0. The van der Waals surface area contributed by atoms with Gasteiger partial charge in [-0.1, -0.05) is 0 Å². The van der Waals surface area contributed by atoms with Crippen molar-refractivity contribution in [3.63, 3.8) is 0 Å². The summed E-state index contributed by atoms with van der Waals surface area (Å²) in [5, 5.41) is 13.3. The van der Waals surface area contributed by atoms with Crippen molar-refractivity contribution in [2.75, 3.05) is 25.1 Å². The fourth-order valence-electron chi connectivity index (χ4n) is 1.28. The molecular formula is C10H14N4O3. The third kappa shape index (κ3) is 3.95. The summed E-state index contributed by atoms with van der Waals surface area (Å²) in [5.74, 6) is 1.14. The molecule has 17 heavy (non-hydrogen) atoms. The van der Waals surface area contributed by atoms with Crippen LogP contribution in [0.15, 0.2) is 12.4 Å². The van der Waals surface area contributed by atoms with Gasteiger partial charge in [0, 0.05) is 13.2 Å². The SMILES string of the molecule is O=[N+]([O-])c1cnc(NCCOCC2CC2)nc1. The predicted octanol–water partition coefficient (Wildman–Crippen LogP) is 1.22. The zero-order chi connectivity index (χ0) is 12.1. The average Bonchev–Trinajstić information content (AvgIpc) is 3.13. The van der Waals surface area contributed by atoms with Gasteiger partial charge in [-0.05, 0) is 18.8 Å². The van der Waals surface area contributed by atoms with Gasteiger partial charge in [-0.2, -0.15) is 0 Å². The van der Waals surface area contributed by atoms with Gasteiger partial charge in [-0.25, -0.2) is 9.97 Å². The van der Waals surface area contributed by atoms with Gasteiger partial charge in [0.2, 0.25) is 5.95 Å². The Morgan fingerprint density at radius 1 is 1.47 bits per heavy atom. The second kappa shape index (κ2) is 5.53. The van der Waals surface area contributed by atoms with E-state index in [0.29, 0.717) is 19.1 Å². The molecule has 1 fully saturated rings. The molecule has 92 valence electrons. The highest BCUT2D eigenvalue weighted by molar-refractivity contribution is 5.30. The molecule has 0 aliphatic heterocycles. The first-order valence-electron chi connectivity index (χ1n) is 5.54. The Morgan fingerprint density at radius 2 is 2.18 bits per heavy atom. The molecule has 1 aliphatic rings. The molecule has 7 nitrogen and oxygen atoms in total. The lowest BCUT2D eigenvalue weighted by atomic mass is 10.5. The van der Waals surface area contributed by atoms with Crippen molar-refractivity contribution in [1.29, 1.82) is 0 Å². The van der Waals surface area contributed by atoms with Crippen LogP contribution in [-0.4, -0.2) is 34.6 Å². The molecule has 0 radical (unpaired) electrons. The number of rotatable bonds is 7. The molecular weight excluding hydrogens is 224 g/mol. The third-order valence-corrected chi connectivity index (χ3v) is 2.43. The van der Waals surface area contributed by atoms with Crippen molar-refractivity contribution < 1.29 is 9.66 Å². The molecule has 0 spiro atoms. The Balaban J connectivity index is 1.65.